The average Bonchev–Trinajstić information content (AvgIpc) is 2.35. The molecule has 1 N–H and O–H groups in total. The molecule has 4 heteroatoms. The molecule has 0 radical (unpaired) electrons. The van der Waals surface area contributed by atoms with Gasteiger partial charge in [-0.25, -0.2) is 5.01 Å². The largest absolute Gasteiger partial charge is 0.309 e. The Balaban J connectivity index is 2.69. The van der Waals surface area contributed by atoms with Crippen LogP contribution in [-0.2, 0) is 11.2 Å². The summed E-state index contributed by atoms with van der Waals surface area (Å²) in [4.78, 5) is 12.1. The molecule has 0 aliphatic rings. The number of benzene rings is 1. The lowest BCUT2D eigenvalue weighted by molar-refractivity contribution is -0.143. The van der Waals surface area contributed by atoms with Gasteiger partial charge >= 0.3 is 0 Å². The number of carbonyl (C=O) groups excluding carboxylic acids is 1. The summed E-state index contributed by atoms with van der Waals surface area (Å²) >= 11 is 0. The van der Waals surface area contributed by atoms with Crippen LogP contribution in [0.4, 0.5) is 0 Å². The number of carbonyl (C=O) groups is 1. The van der Waals surface area contributed by atoms with Crippen molar-refractivity contribution in [2.45, 2.75) is 12.5 Å². The smallest absolute Gasteiger partial charge is 0.254 e. The molecule has 0 fully saturated rings. The third kappa shape index (κ3) is 3.84. The molecule has 0 heterocycles. The van der Waals surface area contributed by atoms with Crippen LogP contribution < -0.4 is 5.32 Å². The maximum Gasteiger partial charge on any atom is 0.254 e. The van der Waals surface area contributed by atoms with Gasteiger partial charge in [-0.1, -0.05) is 30.3 Å². The standard InChI is InChI=1S/C13H21N3O/c1-14-12(13(17)16(4)15(2)3)10-11-8-6-5-7-9-11/h5-9,12,14H,10H2,1-4H3. The quantitative estimate of drug-likeness (QED) is 0.765. The van der Waals surface area contributed by atoms with Crippen LogP contribution in [0.2, 0.25) is 0 Å². The summed E-state index contributed by atoms with van der Waals surface area (Å²) in [5, 5.41) is 6.46. The van der Waals surface area contributed by atoms with Crippen molar-refractivity contribution in [3.63, 3.8) is 0 Å². The third-order valence-corrected chi connectivity index (χ3v) is 2.85. The SMILES string of the molecule is CNC(Cc1ccccc1)C(=O)N(C)N(C)C. The van der Waals surface area contributed by atoms with Crippen molar-refractivity contribution in [3.05, 3.63) is 35.9 Å². The van der Waals surface area contributed by atoms with Crippen LogP contribution in [-0.4, -0.2) is 50.2 Å². The zero-order valence-electron chi connectivity index (χ0n) is 11.0. The molecule has 0 aliphatic heterocycles. The van der Waals surface area contributed by atoms with Gasteiger partial charge in [0, 0.05) is 21.1 Å². The van der Waals surface area contributed by atoms with Crippen LogP contribution in [0, 0.1) is 0 Å². The molecule has 1 aromatic rings. The van der Waals surface area contributed by atoms with E-state index in [9.17, 15) is 4.79 Å². The molecular formula is C13H21N3O. The number of nitrogens with one attached hydrogen (secondary N) is 1. The maximum absolute atomic E-state index is 12.1. The van der Waals surface area contributed by atoms with E-state index in [0.717, 1.165) is 5.56 Å². The van der Waals surface area contributed by atoms with Crippen LogP contribution in [0.5, 0.6) is 0 Å². The minimum Gasteiger partial charge on any atom is -0.309 e. The first kappa shape index (κ1) is 13.7. The average molecular weight is 235 g/mol. The molecule has 4 nitrogen and oxygen atoms in total. The van der Waals surface area contributed by atoms with E-state index in [2.05, 4.69) is 5.32 Å². The Bertz CT molecular complexity index is 351. The Hall–Kier alpha value is -1.39. The Kier molecular flexibility index (Phi) is 5.12. The summed E-state index contributed by atoms with van der Waals surface area (Å²) in [6, 6.07) is 9.83. The van der Waals surface area contributed by atoms with E-state index >= 15 is 0 Å². The Labute approximate surface area is 103 Å². The van der Waals surface area contributed by atoms with Crippen molar-refractivity contribution in [2.75, 3.05) is 28.2 Å². The number of hydrogen-bond donors (Lipinski definition) is 1. The molecule has 1 rings (SSSR count). The van der Waals surface area contributed by atoms with Crippen LogP contribution in [0.15, 0.2) is 30.3 Å². The van der Waals surface area contributed by atoms with E-state index in [1.54, 1.807) is 17.1 Å². The normalized spacial score (nSPS) is 12.5. The fraction of sp³-hybridized carbons (Fsp3) is 0.462. The molecule has 1 amide bonds. The predicted octanol–water partition coefficient (Wildman–Crippen LogP) is 0.752. The van der Waals surface area contributed by atoms with Crippen molar-refractivity contribution in [3.8, 4) is 0 Å². The third-order valence-electron chi connectivity index (χ3n) is 2.85. The van der Waals surface area contributed by atoms with Gasteiger partial charge in [-0.3, -0.25) is 9.80 Å². The lowest BCUT2D eigenvalue weighted by atomic mass is 10.1. The van der Waals surface area contributed by atoms with Crippen molar-refractivity contribution >= 4 is 5.91 Å². The summed E-state index contributed by atoms with van der Waals surface area (Å²) in [6.07, 6.45) is 0.703. The summed E-state index contributed by atoms with van der Waals surface area (Å²) in [7, 11) is 7.30. The molecule has 94 valence electrons. The van der Waals surface area contributed by atoms with Gasteiger partial charge in [0.05, 0.1) is 6.04 Å². The molecule has 17 heavy (non-hydrogen) atoms. The second-order valence-electron chi connectivity index (χ2n) is 4.24. The van der Waals surface area contributed by atoms with Gasteiger partial charge in [0.25, 0.3) is 5.91 Å². The molecule has 0 aromatic heterocycles. The zero-order chi connectivity index (χ0) is 12.8. The highest BCUT2D eigenvalue weighted by molar-refractivity contribution is 5.81. The van der Waals surface area contributed by atoms with Gasteiger partial charge in [0.1, 0.15) is 0 Å². The molecule has 0 aliphatic carbocycles. The monoisotopic (exact) mass is 235 g/mol. The second kappa shape index (κ2) is 6.37. The highest BCUT2D eigenvalue weighted by atomic mass is 16.2. The van der Waals surface area contributed by atoms with E-state index in [-0.39, 0.29) is 11.9 Å². The molecule has 1 aromatic carbocycles. The van der Waals surface area contributed by atoms with E-state index in [1.165, 1.54) is 0 Å². The minimum atomic E-state index is -0.190. The van der Waals surface area contributed by atoms with Crippen molar-refractivity contribution < 1.29 is 4.79 Å². The molecule has 0 spiro atoms. The van der Waals surface area contributed by atoms with Crippen LogP contribution >= 0.6 is 0 Å². The maximum atomic E-state index is 12.1. The topological polar surface area (TPSA) is 35.6 Å². The zero-order valence-corrected chi connectivity index (χ0v) is 11.0. The first-order valence-electron chi connectivity index (χ1n) is 5.72. The van der Waals surface area contributed by atoms with E-state index in [0.29, 0.717) is 6.42 Å². The lowest BCUT2D eigenvalue weighted by Gasteiger charge is -2.28. The molecule has 0 saturated carbocycles. The van der Waals surface area contributed by atoms with Crippen LogP contribution in [0.25, 0.3) is 0 Å². The number of hydrazine groups is 1. The van der Waals surface area contributed by atoms with Gasteiger partial charge in [-0.15, -0.1) is 0 Å². The fourth-order valence-corrected chi connectivity index (χ4v) is 1.59. The number of likely N-dealkylation sites (N-methyl/N-ethyl adjacent to an activating group) is 2. The first-order valence-corrected chi connectivity index (χ1v) is 5.72. The molecule has 1 unspecified atom stereocenters. The molecular weight excluding hydrogens is 214 g/mol. The second-order valence-corrected chi connectivity index (χ2v) is 4.24. The minimum absolute atomic E-state index is 0.0707. The fourth-order valence-electron chi connectivity index (χ4n) is 1.59. The molecule has 1 atom stereocenters. The van der Waals surface area contributed by atoms with Gasteiger partial charge in [-0.2, -0.15) is 0 Å². The Morgan fingerprint density at radius 2 is 1.82 bits per heavy atom. The van der Waals surface area contributed by atoms with Crippen molar-refractivity contribution in [2.24, 2.45) is 0 Å². The first-order chi connectivity index (χ1) is 8.06. The summed E-state index contributed by atoms with van der Waals surface area (Å²) in [5.74, 6) is 0.0707. The number of hydrogen-bond acceptors (Lipinski definition) is 3. The van der Waals surface area contributed by atoms with Crippen molar-refractivity contribution in [1.82, 2.24) is 15.3 Å². The van der Waals surface area contributed by atoms with E-state index in [1.807, 2.05) is 51.5 Å². The van der Waals surface area contributed by atoms with Crippen molar-refractivity contribution in [1.29, 1.82) is 0 Å². The number of rotatable bonds is 5. The number of amides is 1. The highest BCUT2D eigenvalue weighted by Gasteiger charge is 2.21. The summed E-state index contributed by atoms with van der Waals surface area (Å²) in [6.45, 7) is 0. The summed E-state index contributed by atoms with van der Waals surface area (Å²) in [5.41, 5.74) is 1.16. The molecule has 0 saturated heterocycles. The van der Waals surface area contributed by atoms with Crippen LogP contribution in [0.3, 0.4) is 0 Å². The van der Waals surface area contributed by atoms with Gasteiger partial charge in [-0.05, 0) is 19.0 Å². The highest BCUT2D eigenvalue weighted by Crippen LogP contribution is 2.05. The van der Waals surface area contributed by atoms with Gasteiger partial charge in [0.15, 0.2) is 0 Å². The van der Waals surface area contributed by atoms with E-state index < -0.39 is 0 Å². The van der Waals surface area contributed by atoms with E-state index in [4.69, 9.17) is 0 Å². The van der Waals surface area contributed by atoms with Crippen LogP contribution in [0.1, 0.15) is 5.56 Å². The van der Waals surface area contributed by atoms with Gasteiger partial charge in [0.2, 0.25) is 0 Å². The van der Waals surface area contributed by atoms with Gasteiger partial charge < -0.3 is 5.32 Å². The molecule has 0 bridgehead atoms. The predicted molar refractivity (Wildman–Crippen MR) is 69.5 cm³/mol. The lowest BCUT2D eigenvalue weighted by Crippen LogP contribution is -2.49. The number of nitrogens with zero attached hydrogens (tertiary/aromatic N) is 2. The Morgan fingerprint density at radius 1 is 1.24 bits per heavy atom. The Morgan fingerprint density at radius 3 is 2.29 bits per heavy atom. The summed E-state index contributed by atoms with van der Waals surface area (Å²) < 4.78 is 0.